The summed E-state index contributed by atoms with van der Waals surface area (Å²) in [6.45, 7) is 0. The standard InChI is InChI=1S/C15H14N2O2/c1-18-14-13(7-9-16-15(14)19-2)17-10-8-11-5-3-4-6-12(11)17/h3-10H,1-2H3. The van der Waals surface area contributed by atoms with E-state index in [9.17, 15) is 0 Å². The zero-order chi connectivity index (χ0) is 13.2. The lowest BCUT2D eigenvalue weighted by atomic mass is 10.2. The van der Waals surface area contributed by atoms with E-state index in [4.69, 9.17) is 9.47 Å². The molecule has 3 rings (SSSR count). The van der Waals surface area contributed by atoms with Crippen LogP contribution in [0.1, 0.15) is 0 Å². The average molecular weight is 254 g/mol. The lowest BCUT2D eigenvalue weighted by Crippen LogP contribution is -2.00. The summed E-state index contributed by atoms with van der Waals surface area (Å²) in [7, 11) is 3.21. The topological polar surface area (TPSA) is 36.3 Å². The molecule has 96 valence electrons. The fourth-order valence-corrected chi connectivity index (χ4v) is 2.24. The Labute approximate surface area is 111 Å². The summed E-state index contributed by atoms with van der Waals surface area (Å²) in [5.41, 5.74) is 2.03. The summed E-state index contributed by atoms with van der Waals surface area (Å²) in [6, 6.07) is 12.2. The summed E-state index contributed by atoms with van der Waals surface area (Å²) in [4.78, 5) is 4.16. The van der Waals surface area contributed by atoms with Crippen LogP contribution >= 0.6 is 0 Å². The molecule has 0 saturated carbocycles. The minimum Gasteiger partial charge on any atom is -0.490 e. The molecule has 4 nitrogen and oxygen atoms in total. The molecule has 2 aromatic heterocycles. The van der Waals surface area contributed by atoms with Crippen molar-refractivity contribution in [3.8, 4) is 17.3 Å². The highest BCUT2D eigenvalue weighted by molar-refractivity contribution is 5.82. The maximum absolute atomic E-state index is 5.43. The maximum atomic E-state index is 5.43. The number of fused-ring (bicyclic) bond motifs is 1. The van der Waals surface area contributed by atoms with Crippen LogP contribution < -0.4 is 9.47 Å². The second-order valence-electron chi connectivity index (χ2n) is 4.12. The molecular formula is C15H14N2O2. The average Bonchev–Trinajstić information content (AvgIpc) is 2.90. The van der Waals surface area contributed by atoms with E-state index in [1.54, 1.807) is 20.4 Å². The number of benzene rings is 1. The number of para-hydroxylation sites is 1. The Balaban J connectivity index is 2.27. The van der Waals surface area contributed by atoms with Gasteiger partial charge < -0.3 is 14.0 Å². The minimum absolute atomic E-state index is 0.484. The minimum atomic E-state index is 0.484. The molecule has 0 spiro atoms. The summed E-state index contributed by atoms with van der Waals surface area (Å²) in [6.07, 6.45) is 3.73. The second-order valence-corrected chi connectivity index (χ2v) is 4.12. The van der Waals surface area contributed by atoms with Gasteiger partial charge in [-0.25, -0.2) is 4.98 Å². The number of rotatable bonds is 3. The number of methoxy groups -OCH3 is 2. The molecule has 0 amide bonds. The van der Waals surface area contributed by atoms with E-state index >= 15 is 0 Å². The third kappa shape index (κ3) is 1.81. The van der Waals surface area contributed by atoms with E-state index in [0.29, 0.717) is 11.6 Å². The van der Waals surface area contributed by atoms with Crippen molar-refractivity contribution < 1.29 is 9.47 Å². The van der Waals surface area contributed by atoms with Gasteiger partial charge in [-0.05, 0) is 23.6 Å². The molecule has 2 heterocycles. The van der Waals surface area contributed by atoms with Gasteiger partial charge >= 0.3 is 0 Å². The molecule has 0 N–H and O–H groups in total. The van der Waals surface area contributed by atoms with Crippen LogP contribution in [0.25, 0.3) is 16.6 Å². The van der Waals surface area contributed by atoms with Crippen LogP contribution in [0, 0.1) is 0 Å². The van der Waals surface area contributed by atoms with E-state index in [-0.39, 0.29) is 0 Å². The monoisotopic (exact) mass is 254 g/mol. The summed E-state index contributed by atoms with van der Waals surface area (Å²) in [5, 5.41) is 1.18. The third-order valence-corrected chi connectivity index (χ3v) is 3.11. The van der Waals surface area contributed by atoms with Gasteiger partial charge in [-0.1, -0.05) is 18.2 Å². The normalized spacial score (nSPS) is 10.6. The van der Waals surface area contributed by atoms with Crippen LogP contribution in [0.2, 0.25) is 0 Å². The first kappa shape index (κ1) is 11.6. The van der Waals surface area contributed by atoms with Gasteiger partial charge in [-0.3, -0.25) is 0 Å². The molecule has 0 radical (unpaired) electrons. The fourth-order valence-electron chi connectivity index (χ4n) is 2.24. The second kappa shape index (κ2) is 4.65. The van der Waals surface area contributed by atoms with Gasteiger partial charge in [0.1, 0.15) is 0 Å². The summed E-state index contributed by atoms with van der Waals surface area (Å²) < 4.78 is 12.7. The van der Waals surface area contributed by atoms with E-state index in [1.165, 1.54) is 5.39 Å². The van der Waals surface area contributed by atoms with Crippen molar-refractivity contribution in [1.29, 1.82) is 0 Å². The Kier molecular flexibility index (Phi) is 2.83. The van der Waals surface area contributed by atoms with Crippen molar-refractivity contribution in [2.24, 2.45) is 0 Å². The van der Waals surface area contributed by atoms with Crippen molar-refractivity contribution in [2.75, 3.05) is 14.2 Å². The van der Waals surface area contributed by atoms with Crippen LogP contribution in [-0.4, -0.2) is 23.8 Å². The van der Waals surface area contributed by atoms with Crippen LogP contribution in [-0.2, 0) is 0 Å². The molecule has 19 heavy (non-hydrogen) atoms. The van der Waals surface area contributed by atoms with E-state index in [1.807, 2.05) is 24.4 Å². The van der Waals surface area contributed by atoms with E-state index < -0.39 is 0 Å². The van der Waals surface area contributed by atoms with Gasteiger partial charge in [0.15, 0.2) is 0 Å². The third-order valence-electron chi connectivity index (χ3n) is 3.11. The fraction of sp³-hybridized carbons (Fsp3) is 0.133. The Morgan fingerprint density at radius 1 is 1.00 bits per heavy atom. The van der Waals surface area contributed by atoms with Crippen molar-refractivity contribution in [1.82, 2.24) is 9.55 Å². The van der Waals surface area contributed by atoms with Crippen LogP contribution in [0.5, 0.6) is 11.6 Å². The smallest absolute Gasteiger partial charge is 0.258 e. The van der Waals surface area contributed by atoms with E-state index in [0.717, 1.165) is 11.2 Å². The molecule has 0 aliphatic rings. The lowest BCUT2D eigenvalue weighted by molar-refractivity contribution is 0.342. The number of ether oxygens (including phenoxy) is 2. The predicted octanol–water partition coefficient (Wildman–Crippen LogP) is 3.04. The summed E-state index contributed by atoms with van der Waals surface area (Å²) in [5.74, 6) is 1.11. The number of aromatic nitrogens is 2. The molecule has 0 aliphatic heterocycles. The van der Waals surface area contributed by atoms with Crippen molar-refractivity contribution in [3.63, 3.8) is 0 Å². The maximum Gasteiger partial charge on any atom is 0.258 e. The molecule has 0 bridgehead atoms. The van der Waals surface area contributed by atoms with Gasteiger partial charge in [0.25, 0.3) is 5.88 Å². The first-order valence-corrected chi connectivity index (χ1v) is 5.98. The lowest BCUT2D eigenvalue weighted by Gasteiger charge is -2.13. The number of pyridine rings is 1. The van der Waals surface area contributed by atoms with Gasteiger partial charge in [0.05, 0.1) is 25.4 Å². The van der Waals surface area contributed by atoms with Gasteiger partial charge in [0, 0.05) is 12.4 Å². The molecule has 0 saturated heterocycles. The van der Waals surface area contributed by atoms with Gasteiger partial charge in [-0.15, -0.1) is 0 Å². The molecule has 0 fully saturated rings. The molecule has 4 heteroatoms. The Hall–Kier alpha value is -2.49. The zero-order valence-corrected chi connectivity index (χ0v) is 10.8. The molecule has 0 atom stereocenters. The largest absolute Gasteiger partial charge is 0.490 e. The summed E-state index contributed by atoms with van der Waals surface area (Å²) >= 11 is 0. The highest BCUT2D eigenvalue weighted by atomic mass is 16.5. The van der Waals surface area contributed by atoms with Crippen molar-refractivity contribution >= 4 is 10.9 Å². The van der Waals surface area contributed by atoms with Crippen molar-refractivity contribution in [2.45, 2.75) is 0 Å². The Morgan fingerprint density at radius 2 is 1.84 bits per heavy atom. The van der Waals surface area contributed by atoms with Crippen LogP contribution in [0.4, 0.5) is 0 Å². The number of nitrogens with zero attached hydrogens (tertiary/aromatic N) is 2. The Morgan fingerprint density at radius 3 is 2.63 bits per heavy atom. The van der Waals surface area contributed by atoms with Crippen LogP contribution in [0.3, 0.4) is 0 Å². The number of hydrogen-bond donors (Lipinski definition) is 0. The first-order valence-electron chi connectivity index (χ1n) is 5.98. The molecule has 3 aromatic rings. The van der Waals surface area contributed by atoms with E-state index in [2.05, 4.69) is 27.8 Å². The van der Waals surface area contributed by atoms with Gasteiger partial charge in [-0.2, -0.15) is 0 Å². The van der Waals surface area contributed by atoms with Crippen molar-refractivity contribution in [3.05, 3.63) is 48.8 Å². The molecule has 0 unspecified atom stereocenters. The Bertz CT molecular complexity index is 719. The SMILES string of the molecule is COc1nccc(-n2ccc3ccccc32)c1OC. The van der Waals surface area contributed by atoms with Crippen LogP contribution in [0.15, 0.2) is 48.8 Å². The highest BCUT2D eigenvalue weighted by Crippen LogP contribution is 2.33. The van der Waals surface area contributed by atoms with Gasteiger partial charge in [0.2, 0.25) is 5.75 Å². The molecule has 1 aromatic carbocycles. The molecular weight excluding hydrogens is 240 g/mol. The highest BCUT2D eigenvalue weighted by Gasteiger charge is 2.13. The molecule has 0 aliphatic carbocycles. The zero-order valence-electron chi connectivity index (χ0n) is 10.8. The quantitative estimate of drug-likeness (QED) is 0.720. The first-order chi connectivity index (χ1) is 9.35. The number of hydrogen-bond acceptors (Lipinski definition) is 3. The predicted molar refractivity (Wildman–Crippen MR) is 74.2 cm³/mol.